The molecule has 0 spiro atoms. The van der Waals surface area contributed by atoms with Crippen molar-refractivity contribution >= 4 is 16.7 Å². The van der Waals surface area contributed by atoms with E-state index in [0.717, 1.165) is 28.0 Å². The number of hydrogen-bond acceptors (Lipinski definition) is 4. The average Bonchev–Trinajstić information content (AvgIpc) is 2.41. The van der Waals surface area contributed by atoms with E-state index in [-0.39, 0.29) is 0 Å². The van der Waals surface area contributed by atoms with E-state index in [1.165, 1.54) is 0 Å². The number of anilines is 1. The lowest BCUT2D eigenvalue weighted by Crippen LogP contribution is -1.98. The van der Waals surface area contributed by atoms with Crippen LogP contribution in [-0.2, 0) is 6.42 Å². The Bertz CT molecular complexity index is 694. The molecule has 0 saturated carbocycles. The van der Waals surface area contributed by atoms with E-state index in [1.807, 2.05) is 30.3 Å². The molecular formula is C14H12N4. The van der Waals surface area contributed by atoms with Crippen molar-refractivity contribution in [2.45, 2.75) is 6.42 Å². The maximum Gasteiger partial charge on any atom is 0.0889 e. The number of pyridine rings is 1. The van der Waals surface area contributed by atoms with Gasteiger partial charge in [0.15, 0.2) is 0 Å². The maximum absolute atomic E-state index is 5.89. The van der Waals surface area contributed by atoms with Crippen LogP contribution in [0, 0.1) is 0 Å². The topological polar surface area (TPSA) is 64.7 Å². The van der Waals surface area contributed by atoms with Crippen molar-refractivity contribution < 1.29 is 0 Å². The number of benzene rings is 1. The lowest BCUT2D eigenvalue weighted by atomic mass is 10.1. The molecule has 3 rings (SSSR count). The van der Waals surface area contributed by atoms with Gasteiger partial charge < -0.3 is 5.73 Å². The first-order chi connectivity index (χ1) is 8.83. The third-order valence-corrected chi connectivity index (χ3v) is 2.83. The summed E-state index contributed by atoms with van der Waals surface area (Å²) in [4.78, 5) is 12.8. The molecule has 0 aliphatic heterocycles. The summed E-state index contributed by atoms with van der Waals surface area (Å²) in [6.07, 6.45) is 5.85. The predicted octanol–water partition coefficient (Wildman–Crippen LogP) is 2.20. The zero-order valence-electron chi connectivity index (χ0n) is 9.74. The highest BCUT2D eigenvalue weighted by Crippen LogP contribution is 2.16. The minimum absolute atomic E-state index is 0.708. The number of nitrogens with two attached hydrogens (primary N) is 1. The van der Waals surface area contributed by atoms with E-state index in [1.54, 1.807) is 18.6 Å². The molecule has 0 atom stereocenters. The van der Waals surface area contributed by atoms with Crippen LogP contribution >= 0.6 is 0 Å². The molecule has 0 aliphatic carbocycles. The third-order valence-electron chi connectivity index (χ3n) is 2.83. The number of nitrogen functional groups attached to an aromatic ring is 1. The molecule has 0 bridgehead atoms. The van der Waals surface area contributed by atoms with Crippen LogP contribution in [0.3, 0.4) is 0 Å². The van der Waals surface area contributed by atoms with Crippen LogP contribution < -0.4 is 5.73 Å². The van der Waals surface area contributed by atoms with Gasteiger partial charge in [-0.1, -0.05) is 6.07 Å². The Morgan fingerprint density at radius 1 is 0.889 bits per heavy atom. The van der Waals surface area contributed by atoms with Crippen LogP contribution in [0.4, 0.5) is 5.69 Å². The lowest BCUT2D eigenvalue weighted by molar-refractivity contribution is 1.08. The Kier molecular flexibility index (Phi) is 2.61. The Balaban J connectivity index is 1.98. The van der Waals surface area contributed by atoms with Crippen LogP contribution in [0.25, 0.3) is 11.0 Å². The van der Waals surface area contributed by atoms with Gasteiger partial charge in [0.25, 0.3) is 0 Å². The van der Waals surface area contributed by atoms with Gasteiger partial charge in [-0.15, -0.1) is 0 Å². The first-order valence-electron chi connectivity index (χ1n) is 5.72. The summed E-state index contributed by atoms with van der Waals surface area (Å²) in [5, 5.41) is 0. The van der Waals surface area contributed by atoms with E-state index in [9.17, 15) is 0 Å². The van der Waals surface area contributed by atoms with Crippen LogP contribution in [-0.4, -0.2) is 15.0 Å². The van der Waals surface area contributed by atoms with E-state index in [0.29, 0.717) is 6.42 Å². The second-order valence-corrected chi connectivity index (χ2v) is 4.10. The second kappa shape index (κ2) is 4.41. The molecule has 2 heterocycles. The lowest BCUT2D eigenvalue weighted by Gasteiger charge is -2.05. The number of aromatic nitrogens is 3. The molecular weight excluding hydrogens is 224 g/mol. The van der Waals surface area contributed by atoms with Crippen molar-refractivity contribution in [3.05, 3.63) is 60.2 Å². The van der Waals surface area contributed by atoms with Crippen molar-refractivity contribution in [3.63, 3.8) is 0 Å². The molecule has 2 N–H and O–H groups in total. The number of rotatable bonds is 2. The molecule has 3 aromatic rings. The van der Waals surface area contributed by atoms with Crippen molar-refractivity contribution in [1.29, 1.82) is 0 Å². The van der Waals surface area contributed by atoms with Gasteiger partial charge in [-0.05, 0) is 29.8 Å². The summed E-state index contributed by atoms with van der Waals surface area (Å²) in [6, 6.07) is 9.73. The zero-order valence-corrected chi connectivity index (χ0v) is 9.74. The molecule has 0 saturated heterocycles. The number of nitrogens with zero attached hydrogens (tertiary/aromatic N) is 3. The smallest absolute Gasteiger partial charge is 0.0889 e. The van der Waals surface area contributed by atoms with Gasteiger partial charge >= 0.3 is 0 Å². The molecule has 88 valence electrons. The minimum Gasteiger partial charge on any atom is -0.397 e. The summed E-state index contributed by atoms with van der Waals surface area (Å²) in [6.45, 7) is 0. The van der Waals surface area contributed by atoms with E-state index < -0.39 is 0 Å². The van der Waals surface area contributed by atoms with Gasteiger partial charge in [0.2, 0.25) is 0 Å². The summed E-state index contributed by atoms with van der Waals surface area (Å²) >= 11 is 0. The largest absolute Gasteiger partial charge is 0.397 e. The first kappa shape index (κ1) is 10.7. The van der Waals surface area contributed by atoms with Crippen molar-refractivity contribution in [1.82, 2.24) is 15.0 Å². The standard InChI is InChI=1S/C14H12N4/c15-11-2-1-5-16-13(11)8-10-3-4-12-14(9-10)18-7-6-17-12/h1-7,9H,8,15H2. The van der Waals surface area contributed by atoms with Crippen LogP contribution in [0.1, 0.15) is 11.3 Å². The maximum atomic E-state index is 5.89. The molecule has 0 unspecified atom stereocenters. The molecule has 4 nitrogen and oxygen atoms in total. The highest BCUT2D eigenvalue weighted by molar-refractivity contribution is 5.74. The number of fused-ring (bicyclic) bond motifs is 1. The summed E-state index contributed by atoms with van der Waals surface area (Å²) in [5.74, 6) is 0. The monoisotopic (exact) mass is 236 g/mol. The quantitative estimate of drug-likeness (QED) is 0.740. The summed E-state index contributed by atoms with van der Waals surface area (Å²) < 4.78 is 0. The molecule has 18 heavy (non-hydrogen) atoms. The summed E-state index contributed by atoms with van der Waals surface area (Å²) in [5.41, 5.74) is 10.4. The Morgan fingerprint density at radius 3 is 2.56 bits per heavy atom. The molecule has 1 aromatic carbocycles. The highest BCUT2D eigenvalue weighted by atomic mass is 14.8. The van der Waals surface area contributed by atoms with Crippen LogP contribution in [0.15, 0.2) is 48.9 Å². The first-order valence-corrected chi connectivity index (χ1v) is 5.72. The molecule has 2 aromatic heterocycles. The van der Waals surface area contributed by atoms with Gasteiger partial charge in [0.1, 0.15) is 0 Å². The van der Waals surface area contributed by atoms with Gasteiger partial charge in [-0.2, -0.15) is 0 Å². The Morgan fingerprint density at radius 2 is 1.72 bits per heavy atom. The van der Waals surface area contributed by atoms with Crippen molar-refractivity contribution in [2.24, 2.45) is 0 Å². The normalized spacial score (nSPS) is 10.7. The second-order valence-electron chi connectivity index (χ2n) is 4.10. The van der Waals surface area contributed by atoms with E-state index in [4.69, 9.17) is 5.73 Å². The van der Waals surface area contributed by atoms with E-state index >= 15 is 0 Å². The van der Waals surface area contributed by atoms with Gasteiger partial charge in [-0.25, -0.2) is 0 Å². The Hall–Kier alpha value is -2.49. The fraction of sp³-hybridized carbons (Fsp3) is 0.0714. The van der Waals surface area contributed by atoms with Crippen LogP contribution in [0.2, 0.25) is 0 Å². The van der Waals surface area contributed by atoms with E-state index in [2.05, 4.69) is 15.0 Å². The molecule has 0 fully saturated rings. The van der Waals surface area contributed by atoms with Gasteiger partial charge in [0.05, 0.1) is 22.4 Å². The summed E-state index contributed by atoms with van der Waals surface area (Å²) in [7, 11) is 0. The molecule has 4 heteroatoms. The average molecular weight is 236 g/mol. The zero-order chi connectivity index (χ0) is 12.4. The molecule has 0 aliphatic rings. The number of hydrogen-bond donors (Lipinski definition) is 1. The Labute approximate surface area is 105 Å². The molecule has 0 radical (unpaired) electrons. The van der Waals surface area contributed by atoms with Crippen LogP contribution in [0.5, 0.6) is 0 Å². The van der Waals surface area contributed by atoms with Gasteiger partial charge in [-0.3, -0.25) is 15.0 Å². The highest BCUT2D eigenvalue weighted by Gasteiger charge is 2.03. The molecule has 0 amide bonds. The van der Waals surface area contributed by atoms with Crippen molar-refractivity contribution in [3.8, 4) is 0 Å². The fourth-order valence-corrected chi connectivity index (χ4v) is 1.91. The third kappa shape index (κ3) is 2.00. The predicted molar refractivity (Wildman–Crippen MR) is 71.0 cm³/mol. The van der Waals surface area contributed by atoms with Gasteiger partial charge in [0, 0.05) is 25.0 Å². The SMILES string of the molecule is Nc1cccnc1Cc1ccc2nccnc2c1. The minimum atomic E-state index is 0.708. The fourth-order valence-electron chi connectivity index (χ4n) is 1.91. The van der Waals surface area contributed by atoms with Crippen molar-refractivity contribution in [2.75, 3.05) is 5.73 Å².